The minimum atomic E-state index is 0.306. The van der Waals surface area contributed by atoms with Gasteiger partial charge in [-0.2, -0.15) is 0 Å². The molecule has 0 amide bonds. The predicted octanol–water partition coefficient (Wildman–Crippen LogP) is 3.28. The van der Waals surface area contributed by atoms with Crippen molar-refractivity contribution in [3.63, 3.8) is 0 Å². The second-order valence-corrected chi connectivity index (χ2v) is 5.40. The van der Waals surface area contributed by atoms with Crippen molar-refractivity contribution in [2.24, 2.45) is 5.41 Å². The molecule has 0 atom stereocenters. The van der Waals surface area contributed by atoms with Gasteiger partial charge in [0.2, 0.25) is 0 Å². The normalized spacial score (nSPS) is 11.6. The Kier molecular flexibility index (Phi) is 7.63. The number of benzene rings is 1. The molecule has 0 saturated heterocycles. The van der Waals surface area contributed by atoms with E-state index in [9.17, 15) is 0 Å². The van der Waals surface area contributed by atoms with Gasteiger partial charge in [0, 0.05) is 20.2 Å². The van der Waals surface area contributed by atoms with Crippen LogP contribution >= 0.6 is 0 Å². The van der Waals surface area contributed by atoms with Crippen LogP contribution in [0.4, 0.5) is 0 Å². The Morgan fingerprint density at radius 1 is 1.15 bits per heavy atom. The second kappa shape index (κ2) is 8.98. The fraction of sp³-hybridized carbons (Fsp3) is 0.647. The van der Waals surface area contributed by atoms with Crippen LogP contribution < -0.4 is 10.1 Å². The molecule has 114 valence electrons. The molecule has 0 heterocycles. The summed E-state index contributed by atoms with van der Waals surface area (Å²) in [5, 5.41) is 3.52. The van der Waals surface area contributed by atoms with E-state index in [2.05, 4.69) is 37.4 Å². The summed E-state index contributed by atoms with van der Waals surface area (Å²) in [6.45, 7) is 7.27. The van der Waals surface area contributed by atoms with E-state index in [-0.39, 0.29) is 0 Å². The summed E-state index contributed by atoms with van der Waals surface area (Å²) in [6, 6.07) is 8.41. The first-order valence-electron chi connectivity index (χ1n) is 7.52. The molecule has 0 aromatic heterocycles. The molecular formula is C17H29NO2. The summed E-state index contributed by atoms with van der Waals surface area (Å²) in [5.41, 5.74) is 1.65. The fourth-order valence-corrected chi connectivity index (χ4v) is 2.56. The third-order valence-electron chi connectivity index (χ3n) is 4.20. The van der Waals surface area contributed by atoms with Crippen LogP contribution in [0.15, 0.2) is 24.3 Å². The molecule has 0 bridgehead atoms. The van der Waals surface area contributed by atoms with Gasteiger partial charge in [-0.05, 0) is 42.4 Å². The molecule has 0 fully saturated rings. The molecule has 3 nitrogen and oxygen atoms in total. The molecule has 0 aliphatic rings. The average molecular weight is 279 g/mol. The van der Waals surface area contributed by atoms with Crippen LogP contribution in [-0.4, -0.2) is 33.9 Å². The summed E-state index contributed by atoms with van der Waals surface area (Å²) >= 11 is 0. The lowest BCUT2D eigenvalue weighted by atomic mass is 9.77. The molecule has 0 saturated carbocycles. The highest BCUT2D eigenvalue weighted by Gasteiger charge is 2.26. The monoisotopic (exact) mass is 279 g/mol. The zero-order valence-electron chi connectivity index (χ0n) is 13.4. The minimum absolute atomic E-state index is 0.306. The Labute approximate surface area is 123 Å². The molecule has 0 radical (unpaired) electrons. The smallest absolute Gasteiger partial charge is 0.119 e. The van der Waals surface area contributed by atoms with E-state index in [1.54, 1.807) is 14.2 Å². The lowest BCUT2D eigenvalue weighted by Gasteiger charge is -2.32. The number of methoxy groups -OCH3 is 2. The molecule has 1 aromatic carbocycles. The van der Waals surface area contributed by atoms with Gasteiger partial charge in [-0.25, -0.2) is 0 Å². The van der Waals surface area contributed by atoms with E-state index in [1.165, 1.54) is 18.4 Å². The summed E-state index contributed by atoms with van der Waals surface area (Å²) in [4.78, 5) is 0. The average Bonchev–Trinajstić information content (AvgIpc) is 2.50. The van der Waals surface area contributed by atoms with Gasteiger partial charge < -0.3 is 14.8 Å². The number of nitrogens with one attached hydrogen (secondary N) is 1. The highest BCUT2D eigenvalue weighted by molar-refractivity contribution is 5.29. The van der Waals surface area contributed by atoms with Crippen LogP contribution in [0.2, 0.25) is 0 Å². The van der Waals surface area contributed by atoms with Gasteiger partial charge in [0.25, 0.3) is 0 Å². The molecule has 1 rings (SSSR count). The highest BCUT2D eigenvalue weighted by atomic mass is 16.5. The van der Waals surface area contributed by atoms with Crippen LogP contribution in [-0.2, 0) is 11.2 Å². The molecule has 1 N–H and O–H groups in total. The van der Waals surface area contributed by atoms with Gasteiger partial charge >= 0.3 is 0 Å². The van der Waals surface area contributed by atoms with Crippen LogP contribution in [0.25, 0.3) is 0 Å². The van der Waals surface area contributed by atoms with Gasteiger partial charge in [-0.15, -0.1) is 0 Å². The summed E-state index contributed by atoms with van der Waals surface area (Å²) in [5.74, 6) is 0.941. The van der Waals surface area contributed by atoms with Crippen LogP contribution in [0.5, 0.6) is 5.75 Å². The molecule has 0 spiro atoms. The molecule has 0 aliphatic heterocycles. The quantitative estimate of drug-likeness (QED) is 0.667. The van der Waals surface area contributed by atoms with E-state index >= 15 is 0 Å². The van der Waals surface area contributed by atoms with E-state index < -0.39 is 0 Å². The third kappa shape index (κ3) is 5.14. The van der Waals surface area contributed by atoms with Crippen molar-refractivity contribution in [1.82, 2.24) is 5.32 Å². The Morgan fingerprint density at radius 3 is 2.50 bits per heavy atom. The van der Waals surface area contributed by atoms with Gasteiger partial charge in [-0.3, -0.25) is 0 Å². The standard InChI is InChI=1S/C17H29NO2/c1-5-17(6-2,14-18-10-11-19-3)13-15-8-7-9-16(12-15)20-4/h7-9,12,18H,5-6,10-11,13-14H2,1-4H3. The minimum Gasteiger partial charge on any atom is -0.497 e. The summed E-state index contributed by atoms with van der Waals surface area (Å²) in [6.07, 6.45) is 3.42. The molecular weight excluding hydrogens is 250 g/mol. The Bertz CT molecular complexity index is 375. The van der Waals surface area contributed by atoms with E-state index in [4.69, 9.17) is 9.47 Å². The highest BCUT2D eigenvalue weighted by Crippen LogP contribution is 2.31. The van der Waals surface area contributed by atoms with Crippen molar-refractivity contribution in [2.75, 3.05) is 33.9 Å². The van der Waals surface area contributed by atoms with Gasteiger partial charge in [0.05, 0.1) is 13.7 Å². The first kappa shape index (κ1) is 17.0. The Balaban J connectivity index is 2.68. The molecule has 20 heavy (non-hydrogen) atoms. The lowest BCUT2D eigenvalue weighted by Crippen LogP contribution is -2.36. The Hall–Kier alpha value is -1.06. The van der Waals surface area contributed by atoms with Crippen molar-refractivity contribution in [2.45, 2.75) is 33.1 Å². The van der Waals surface area contributed by atoms with Crippen molar-refractivity contribution >= 4 is 0 Å². The van der Waals surface area contributed by atoms with Crippen molar-refractivity contribution in [3.05, 3.63) is 29.8 Å². The van der Waals surface area contributed by atoms with Crippen molar-refractivity contribution in [1.29, 1.82) is 0 Å². The van der Waals surface area contributed by atoms with Crippen LogP contribution in [0.1, 0.15) is 32.3 Å². The lowest BCUT2D eigenvalue weighted by molar-refractivity contribution is 0.185. The maximum Gasteiger partial charge on any atom is 0.119 e. The Morgan fingerprint density at radius 2 is 1.90 bits per heavy atom. The maximum absolute atomic E-state index is 5.32. The van der Waals surface area contributed by atoms with Crippen molar-refractivity contribution < 1.29 is 9.47 Å². The molecule has 1 aromatic rings. The zero-order chi connectivity index (χ0) is 14.8. The van der Waals surface area contributed by atoms with Crippen LogP contribution in [0, 0.1) is 5.41 Å². The van der Waals surface area contributed by atoms with E-state index in [1.807, 2.05) is 6.07 Å². The SMILES string of the molecule is CCC(CC)(CNCCOC)Cc1cccc(OC)c1. The van der Waals surface area contributed by atoms with E-state index in [0.29, 0.717) is 5.41 Å². The number of rotatable bonds is 10. The van der Waals surface area contributed by atoms with Crippen LogP contribution in [0.3, 0.4) is 0 Å². The first-order chi connectivity index (χ1) is 9.69. The maximum atomic E-state index is 5.32. The first-order valence-corrected chi connectivity index (χ1v) is 7.52. The number of hydrogen-bond donors (Lipinski definition) is 1. The zero-order valence-corrected chi connectivity index (χ0v) is 13.4. The number of ether oxygens (including phenoxy) is 2. The number of hydrogen-bond acceptors (Lipinski definition) is 3. The summed E-state index contributed by atoms with van der Waals surface area (Å²) in [7, 11) is 3.46. The molecule has 0 aliphatic carbocycles. The van der Waals surface area contributed by atoms with Gasteiger partial charge in [0.1, 0.15) is 5.75 Å². The predicted molar refractivity (Wildman–Crippen MR) is 84.5 cm³/mol. The molecule has 3 heteroatoms. The van der Waals surface area contributed by atoms with Gasteiger partial charge in [0.15, 0.2) is 0 Å². The molecule has 0 unspecified atom stereocenters. The largest absolute Gasteiger partial charge is 0.497 e. The van der Waals surface area contributed by atoms with Gasteiger partial charge in [-0.1, -0.05) is 26.0 Å². The third-order valence-corrected chi connectivity index (χ3v) is 4.20. The fourth-order valence-electron chi connectivity index (χ4n) is 2.56. The van der Waals surface area contributed by atoms with E-state index in [0.717, 1.165) is 31.9 Å². The summed E-state index contributed by atoms with van der Waals surface area (Å²) < 4.78 is 10.4. The topological polar surface area (TPSA) is 30.5 Å². The second-order valence-electron chi connectivity index (χ2n) is 5.40. The van der Waals surface area contributed by atoms with Crippen molar-refractivity contribution in [3.8, 4) is 5.75 Å².